The van der Waals surface area contributed by atoms with Gasteiger partial charge in [0.05, 0.1) is 27.6 Å². The fourth-order valence-electron chi connectivity index (χ4n) is 1.96. The molecule has 1 heterocycles. The van der Waals surface area contributed by atoms with Crippen molar-refractivity contribution in [1.29, 1.82) is 0 Å². The molecule has 0 bridgehead atoms. The first kappa shape index (κ1) is 11.1. The van der Waals surface area contributed by atoms with E-state index in [0.29, 0.717) is 4.90 Å². The Morgan fingerprint density at radius 1 is 0.833 bits per heavy atom. The van der Waals surface area contributed by atoms with Gasteiger partial charge in [-0.2, -0.15) is 0 Å². The number of anilines is 4. The zero-order valence-electron chi connectivity index (χ0n) is 9.77. The van der Waals surface area contributed by atoms with E-state index >= 15 is 0 Å². The highest BCUT2D eigenvalue weighted by Crippen LogP contribution is 2.38. The molecule has 1 aliphatic heterocycles. The van der Waals surface area contributed by atoms with Crippen molar-refractivity contribution in [1.82, 2.24) is 0 Å². The molecule has 0 radical (unpaired) electrons. The van der Waals surface area contributed by atoms with E-state index in [9.17, 15) is 8.42 Å². The van der Waals surface area contributed by atoms with E-state index in [2.05, 4.69) is 10.6 Å². The monoisotopic (exact) mass is 260 g/mol. The Balaban J connectivity index is 2.09. The van der Waals surface area contributed by atoms with E-state index in [1.807, 2.05) is 24.3 Å². The van der Waals surface area contributed by atoms with Crippen molar-refractivity contribution in [3.8, 4) is 0 Å². The van der Waals surface area contributed by atoms with Crippen molar-refractivity contribution < 1.29 is 8.42 Å². The van der Waals surface area contributed by atoms with Crippen LogP contribution in [0.2, 0.25) is 0 Å². The number of fused-ring (bicyclic) bond motifs is 2. The van der Waals surface area contributed by atoms with Crippen LogP contribution < -0.4 is 10.6 Å². The third-order valence-corrected chi connectivity index (χ3v) is 4.00. The van der Waals surface area contributed by atoms with Gasteiger partial charge in [-0.25, -0.2) is 8.42 Å². The second-order valence-electron chi connectivity index (χ2n) is 4.28. The van der Waals surface area contributed by atoms with Crippen LogP contribution in [-0.4, -0.2) is 14.7 Å². The number of sulfone groups is 1. The average Bonchev–Trinajstić information content (AvgIpc) is 2.34. The molecule has 92 valence electrons. The van der Waals surface area contributed by atoms with Gasteiger partial charge in [-0.3, -0.25) is 0 Å². The lowest BCUT2D eigenvalue weighted by atomic mass is 10.1. The predicted molar refractivity (Wildman–Crippen MR) is 72.6 cm³/mol. The normalized spacial score (nSPS) is 12.9. The van der Waals surface area contributed by atoms with Crippen LogP contribution in [0.5, 0.6) is 0 Å². The number of rotatable bonds is 1. The summed E-state index contributed by atoms with van der Waals surface area (Å²) in [6.07, 6.45) is 1.21. The Morgan fingerprint density at radius 3 is 2.00 bits per heavy atom. The minimum Gasteiger partial charge on any atom is -0.352 e. The molecule has 0 spiro atoms. The second-order valence-corrected chi connectivity index (χ2v) is 6.29. The third kappa shape index (κ3) is 1.82. The number of hydrogen-bond donors (Lipinski definition) is 2. The summed E-state index contributed by atoms with van der Waals surface area (Å²) in [5.41, 5.74) is 3.57. The number of para-hydroxylation sites is 2. The molecule has 0 fully saturated rings. The molecular weight excluding hydrogens is 248 g/mol. The zero-order valence-corrected chi connectivity index (χ0v) is 10.6. The van der Waals surface area contributed by atoms with Crippen molar-refractivity contribution in [3.63, 3.8) is 0 Å². The Hall–Kier alpha value is -2.01. The number of benzene rings is 2. The second kappa shape index (κ2) is 3.74. The van der Waals surface area contributed by atoms with Crippen LogP contribution >= 0.6 is 0 Å². The quantitative estimate of drug-likeness (QED) is 0.706. The summed E-state index contributed by atoms with van der Waals surface area (Å²) in [5, 5.41) is 6.49. The van der Waals surface area contributed by atoms with Gasteiger partial charge in [0.2, 0.25) is 0 Å². The molecule has 2 N–H and O–H groups in total. The first-order valence-electron chi connectivity index (χ1n) is 5.51. The first-order valence-corrected chi connectivity index (χ1v) is 7.40. The van der Waals surface area contributed by atoms with E-state index in [1.165, 1.54) is 6.26 Å². The smallest absolute Gasteiger partial charge is 0.175 e. The van der Waals surface area contributed by atoms with Crippen LogP contribution in [0.15, 0.2) is 47.4 Å². The molecule has 0 aliphatic carbocycles. The van der Waals surface area contributed by atoms with Crippen LogP contribution in [0.4, 0.5) is 22.7 Å². The van der Waals surface area contributed by atoms with Gasteiger partial charge in [-0.15, -0.1) is 0 Å². The van der Waals surface area contributed by atoms with Crippen LogP contribution in [0.1, 0.15) is 0 Å². The molecule has 4 nitrogen and oxygen atoms in total. The molecule has 0 saturated heterocycles. The molecule has 0 saturated carbocycles. The van der Waals surface area contributed by atoms with Crippen molar-refractivity contribution in [2.24, 2.45) is 0 Å². The van der Waals surface area contributed by atoms with Crippen molar-refractivity contribution >= 4 is 32.6 Å². The van der Waals surface area contributed by atoms with E-state index in [-0.39, 0.29) is 0 Å². The van der Waals surface area contributed by atoms with E-state index in [4.69, 9.17) is 0 Å². The van der Waals surface area contributed by atoms with Crippen LogP contribution in [0.3, 0.4) is 0 Å². The molecule has 5 heteroatoms. The molecular formula is C13H12N2O2S. The Morgan fingerprint density at radius 2 is 1.39 bits per heavy atom. The minimum atomic E-state index is -3.18. The van der Waals surface area contributed by atoms with Crippen LogP contribution in [0, 0.1) is 0 Å². The fourth-order valence-corrected chi connectivity index (χ4v) is 2.60. The highest BCUT2D eigenvalue weighted by atomic mass is 32.2. The maximum atomic E-state index is 11.5. The molecule has 1 aliphatic rings. The van der Waals surface area contributed by atoms with Gasteiger partial charge in [0.1, 0.15) is 0 Å². The summed E-state index contributed by atoms with van der Waals surface area (Å²) in [6.45, 7) is 0. The summed E-state index contributed by atoms with van der Waals surface area (Å²) >= 11 is 0. The average molecular weight is 260 g/mol. The van der Waals surface area contributed by atoms with E-state index < -0.39 is 9.84 Å². The SMILES string of the molecule is CS(=O)(=O)c1ccc2c(c1)Nc1ccccc1N2. The minimum absolute atomic E-state index is 0.315. The van der Waals surface area contributed by atoms with E-state index in [1.54, 1.807) is 18.2 Å². The fraction of sp³-hybridized carbons (Fsp3) is 0.0769. The zero-order chi connectivity index (χ0) is 12.8. The summed E-state index contributed by atoms with van der Waals surface area (Å²) in [4.78, 5) is 0.315. The topological polar surface area (TPSA) is 58.2 Å². The third-order valence-electron chi connectivity index (χ3n) is 2.88. The standard InChI is InChI=1S/C13H12N2O2S/c1-18(16,17)9-6-7-12-13(8-9)15-11-5-3-2-4-10(11)14-12/h2-8,14-15H,1H3. The molecule has 3 rings (SSSR count). The Labute approximate surface area is 106 Å². The molecule has 18 heavy (non-hydrogen) atoms. The van der Waals surface area contributed by atoms with Crippen molar-refractivity contribution in [2.75, 3.05) is 16.9 Å². The lowest BCUT2D eigenvalue weighted by Crippen LogP contribution is -2.07. The number of nitrogens with one attached hydrogen (secondary N) is 2. The predicted octanol–water partition coefficient (Wildman–Crippen LogP) is 2.89. The van der Waals surface area contributed by atoms with Gasteiger partial charge in [-0.1, -0.05) is 12.1 Å². The lowest BCUT2D eigenvalue weighted by Gasteiger charge is -2.23. The lowest BCUT2D eigenvalue weighted by molar-refractivity contribution is 0.602. The molecule has 0 atom stereocenters. The van der Waals surface area contributed by atoms with E-state index in [0.717, 1.165) is 22.7 Å². The molecule has 0 unspecified atom stereocenters. The molecule has 0 aromatic heterocycles. The van der Waals surface area contributed by atoms with Gasteiger partial charge in [-0.05, 0) is 30.3 Å². The van der Waals surface area contributed by atoms with Crippen LogP contribution in [0.25, 0.3) is 0 Å². The molecule has 2 aromatic rings. The summed E-state index contributed by atoms with van der Waals surface area (Å²) in [5.74, 6) is 0. The summed E-state index contributed by atoms with van der Waals surface area (Å²) < 4.78 is 23.0. The number of hydrogen-bond acceptors (Lipinski definition) is 4. The van der Waals surface area contributed by atoms with Gasteiger partial charge in [0.15, 0.2) is 9.84 Å². The first-order chi connectivity index (χ1) is 8.54. The Bertz CT molecular complexity index is 724. The molecule has 0 amide bonds. The van der Waals surface area contributed by atoms with Gasteiger partial charge in [0.25, 0.3) is 0 Å². The largest absolute Gasteiger partial charge is 0.352 e. The van der Waals surface area contributed by atoms with Crippen LogP contribution in [-0.2, 0) is 9.84 Å². The van der Waals surface area contributed by atoms with Crippen molar-refractivity contribution in [3.05, 3.63) is 42.5 Å². The van der Waals surface area contributed by atoms with Gasteiger partial charge < -0.3 is 10.6 Å². The highest BCUT2D eigenvalue weighted by Gasteiger charge is 2.16. The highest BCUT2D eigenvalue weighted by molar-refractivity contribution is 7.90. The summed E-state index contributed by atoms with van der Waals surface area (Å²) in [7, 11) is -3.18. The maximum absolute atomic E-state index is 11.5. The van der Waals surface area contributed by atoms with Gasteiger partial charge in [0, 0.05) is 6.26 Å². The van der Waals surface area contributed by atoms with Gasteiger partial charge >= 0.3 is 0 Å². The molecule has 2 aromatic carbocycles. The summed E-state index contributed by atoms with van der Waals surface area (Å²) in [6, 6.07) is 12.8. The van der Waals surface area contributed by atoms with Crippen molar-refractivity contribution in [2.45, 2.75) is 4.90 Å². The maximum Gasteiger partial charge on any atom is 0.175 e. The Kier molecular flexibility index (Phi) is 2.31.